The lowest BCUT2D eigenvalue weighted by Crippen LogP contribution is -2.47. The Morgan fingerprint density at radius 2 is 1.63 bits per heavy atom. The number of piperazine rings is 1. The normalized spacial score (nSPS) is 24.4. The minimum atomic E-state index is -3.53. The fourth-order valence-electron chi connectivity index (χ4n) is 5.52. The maximum absolute atomic E-state index is 13.4. The molecule has 2 aliphatic heterocycles. The summed E-state index contributed by atoms with van der Waals surface area (Å²) in [5, 5.41) is 3.68. The van der Waals surface area contributed by atoms with Crippen LogP contribution in [0, 0.1) is 5.92 Å². The smallest absolute Gasteiger partial charge is 0.243 e. The number of nitrogens with zero attached hydrogens (tertiary/aromatic N) is 2. The number of methoxy groups -OCH3 is 3. The summed E-state index contributed by atoms with van der Waals surface area (Å²) in [5.41, 5.74) is 3.02. The van der Waals surface area contributed by atoms with E-state index in [9.17, 15) is 8.42 Å². The Bertz CT molecular complexity index is 1210. The number of hydrogen-bond acceptors (Lipinski definition) is 7. The minimum absolute atomic E-state index is 0.0105. The van der Waals surface area contributed by atoms with E-state index in [4.69, 9.17) is 14.2 Å². The fraction of sp³-hybridized carbons (Fsp3) is 0.462. The Morgan fingerprint density at radius 3 is 2.26 bits per heavy atom. The first-order valence-corrected chi connectivity index (χ1v) is 13.4. The van der Waals surface area contributed by atoms with Gasteiger partial charge >= 0.3 is 0 Å². The summed E-state index contributed by atoms with van der Waals surface area (Å²) in [6.45, 7) is 2.53. The van der Waals surface area contributed by atoms with Crippen molar-refractivity contribution in [2.45, 2.75) is 23.3 Å². The van der Waals surface area contributed by atoms with Crippen molar-refractivity contribution in [3.63, 3.8) is 0 Å². The van der Waals surface area contributed by atoms with Crippen molar-refractivity contribution in [3.8, 4) is 17.2 Å². The van der Waals surface area contributed by atoms with Crippen LogP contribution in [-0.4, -0.2) is 72.2 Å². The minimum Gasteiger partial charge on any atom is -0.493 e. The molecule has 0 bridgehead atoms. The molecular weight excluding hydrogens is 466 g/mol. The van der Waals surface area contributed by atoms with E-state index in [0.29, 0.717) is 35.2 Å². The molecule has 9 heteroatoms. The molecule has 1 aliphatic carbocycles. The highest BCUT2D eigenvalue weighted by atomic mass is 32.2. The Kier molecular flexibility index (Phi) is 6.41. The molecule has 2 aromatic rings. The van der Waals surface area contributed by atoms with Gasteiger partial charge in [-0.2, -0.15) is 4.31 Å². The van der Waals surface area contributed by atoms with Crippen LogP contribution in [-0.2, 0) is 10.0 Å². The van der Waals surface area contributed by atoms with Crippen molar-refractivity contribution >= 4 is 15.7 Å². The summed E-state index contributed by atoms with van der Waals surface area (Å²) in [4.78, 5) is 2.52. The van der Waals surface area contributed by atoms with Gasteiger partial charge in [-0.05, 0) is 60.8 Å². The Balaban J connectivity index is 1.50. The molecule has 3 atom stereocenters. The molecule has 1 fully saturated rings. The topological polar surface area (TPSA) is 80.3 Å². The summed E-state index contributed by atoms with van der Waals surface area (Å²) in [6.07, 6.45) is 5.30. The number of fused-ring (bicyclic) bond motifs is 3. The van der Waals surface area contributed by atoms with Crippen molar-refractivity contribution < 1.29 is 22.6 Å². The van der Waals surface area contributed by atoms with Gasteiger partial charge in [0, 0.05) is 37.8 Å². The van der Waals surface area contributed by atoms with Gasteiger partial charge in [0.15, 0.2) is 11.5 Å². The van der Waals surface area contributed by atoms with Gasteiger partial charge in [-0.25, -0.2) is 8.42 Å². The zero-order chi connectivity index (χ0) is 24.7. The quantitative estimate of drug-likeness (QED) is 0.610. The lowest BCUT2D eigenvalue weighted by Gasteiger charge is -2.38. The van der Waals surface area contributed by atoms with E-state index >= 15 is 0 Å². The SMILES string of the molecule is COc1cc(C2Nc3ccc(S(=O)(=O)N4CCN(C)CC4)cc3C3C=CCC32)cc(OC)c1OC. The van der Waals surface area contributed by atoms with Crippen LogP contribution >= 0.6 is 0 Å². The number of rotatable bonds is 6. The first-order chi connectivity index (χ1) is 16.9. The first-order valence-electron chi connectivity index (χ1n) is 11.9. The number of allylic oxidation sites excluding steroid dienone is 2. The number of likely N-dealkylation sites (N-methyl/N-ethyl adjacent to an activating group) is 1. The summed E-state index contributed by atoms with van der Waals surface area (Å²) in [6, 6.07) is 9.50. The summed E-state index contributed by atoms with van der Waals surface area (Å²) < 4.78 is 45.0. The van der Waals surface area contributed by atoms with E-state index in [0.717, 1.165) is 36.3 Å². The van der Waals surface area contributed by atoms with Crippen LogP contribution < -0.4 is 19.5 Å². The van der Waals surface area contributed by atoms with Crippen LogP contribution in [0.25, 0.3) is 0 Å². The second-order valence-electron chi connectivity index (χ2n) is 9.39. The molecule has 3 aliphatic rings. The zero-order valence-electron chi connectivity index (χ0n) is 20.7. The molecule has 1 N–H and O–H groups in total. The van der Waals surface area contributed by atoms with Crippen LogP contribution in [0.1, 0.15) is 29.5 Å². The number of nitrogens with one attached hydrogen (secondary N) is 1. The van der Waals surface area contributed by atoms with Crippen LogP contribution in [0.2, 0.25) is 0 Å². The highest BCUT2D eigenvalue weighted by Crippen LogP contribution is 2.52. The molecule has 0 spiro atoms. The monoisotopic (exact) mass is 499 g/mol. The first kappa shape index (κ1) is 24.0. The second-order valence-corrected chi connectivity index (χ2v) is 11.3. The third-order valence-electron chi connectivity index (χ3n) is 7.48. The molecule has 0 amide bonds. The van der Waals surface area contributed by atoms with Crippen LogP contribution in [0.5, 0.6) is 17.2 Å². The van der Waals surface area contributed by atoms with E-state index in [1.54, 1.807) is 31.7 Å². The third-order valence-corrected chi connectivity index (χ3v) is 9.38. The van der Waals surface area contributed by atoms with E-state index in [1.165, 1.54) is 0 Å². The highest BCUT2D eigenvalue weighted by Gasteiger charge is 2.39. The summed E-state index contributed by atoms with van der Waals surface area (Å²) in [7, 11) is 3.32. The number of ether oxygens (including phenoxy) is 3. The van der Waals surface area contributed by atoms with Crippen molar-refractivity contribution in [2.24, 2.45) is 5.92 Å². The van der Waals surface area contributed by atoms with Crippen LogP contribution in [0.4, 0.5) is 5.69 Å². The van der Waals surface area contributed by atoms with Gasteiger partial charge in [0.2, 0.25) is 15.8 Å². The standard InChI is InChI=1S/C26H33N3O5S/c1-28-10-12-29(13-11-28)35(30,31)18-8-9-22-21(16-18)19-6-5-7-20(19)25(27-22)17-14-23(32-2)26(34-4)24(15-17)33-3/h5-6,8-9,14-16,19-20,25,27H,7,10-13H2,1-4H3. The van der Waals surface area contributed by atoms with E-state index in [2.05, 4.69) is 22.4 Å². The maximum atomic E-state index is 13.4. The van der Waals surface area contributed by atoms with Crippen molar-refractivity contribution in [3.05, 3.63) is 53.6 Å². The number of hydrogen-bond donors (Lipinski definition) is 1. The number of anilines is 1. The molecule has 8 nitrogen and oxygen atoms in total. The largest absolute Gasteiger partial charge is 0.493 e. The Hall–Kier alpha value is -2.75. The lowest BCUT2D eigenvalue weighted by molar-refractivity contribution is 0.222. The van der Waals surface area contributed by atoms with Crippen LogP contribution in [0.3, 0.4) is 0 Å². The number of benzene rings is 2. The molecular formula is C26H33N3O5S. The van der Waals surface area contributed by atoms with Gasteiger partial charge < -0.3 is 24.4 Å². The van der Waals surface area contributed by atoms with Crippen molar-refractivity contribution in [1.82, 2.24) is 9.21 Å². The van der Waals surface area contributed by atoms with E-state index in [1.807, 2.05) is 31.3 Å². The molecule has 0 saturated carbocycles. The van der Waals surface area contributed by atoms with Crippen LogP contribution in [0.15, 0.2) is 47.4 Å². The van der Waals surface area contributed by atoms with Crippen molar-refractivity contribution in [1.29, 1.82) is 0 Å². The molecule has 2 heterocycles. The number of sulfonamides is 1. The van der Waals surface area contributed by atoms with Gasteiger partial charge in [-0.15, -0.1) is 0 Å². The zero-order valence-corrected chi connectivity index (χ0v) is 21.5. The van der Waals surface area contributed by atoms with Gasteiger partial charge in [-0.1, -0.05) is 12.2 Å². The predicted octanol–water partition coefficient (Wildman–Crippen LogP) is 3.48. The maximum Gasteiger partial charge on any atom is 0.243 e. The molecule has 188 valence electrons. The van der Waals surface area contributed by atoms with Gasteiger partial charge in [0.05, 0.1) is 32.3 Å². The third kappa shape index (κ3) is 4.15. The van der Waals surface area contributed by atoms with Crippen molar-refractivity contribution in [2.75, 3.05) is 59.9 Å². The van der Waals surface area contributed by atoms with E-state index < -0.39 is 10.0 Å². The fourth-order valence-corrected chi connectivity index (χ4v) is 6.98. The Labute approximate surface area is 207 Å². The van der Waals surface area contributed by atoms with Gasteiger partial charge in [0.1, 0.15) is 0 Å². The molecule has 5 rings (SSSR count). The molecule has 0 radical (unpaired) electrons. The van der Waals surface area contributed by atoms with Gasteiger partial charge in [0.25, 0.3) is 0 Å². The predicted molar refractivity (Wildman–Crippen MR) is 135 cm³/mol. The van der Waals surface area contributed by atoms with Gasteiger partial charge in [-0.3, -0.25) is 0 Å². The summed E-state index contributed by atoms with van der Waals surface area (Å²) in [5.74, 6) is 2.16. The summed E-state index contributed by atoms with van der Waals surface area (Å²) >= 11 is 0. The highest BCUT2D eigenvalue weighted by molar-refractivity contribution is 7.89. The average Bonchev–Trinajstić information content (AvgIpc) is 3.37. The molecule has 1 saturated heterocycles. The molecule has 3 unspecified atom stereocenters. The average molecular weight is 500 g/mol. The van der Waals surface area contributed by atoms with E-state index in [-0.39, 0.29) is 17.9 Å². The molecule has 0 aromatic heterocycles. The lowest BCUT2D eigenvalue weighted by atomic mass is 9.77. The second kappa shape index (κ2) is 9.37. The molecule has 2 aromatic carbocycles. The molecule has 35 heavy (non-hydrogen) atoms. The Morgan fingerprint density at radius 1 is 0.943 bits per heavy atom.